The summed E-state index contributed by atoms with van der Waals surface area (Å²) in [5.74, 6) is 0.286. The van der Waals surface area contributed by atoms with E-state index in [4.69, 9.17) is 13.5 Å². The van der Waals surface area contributed by atoms with E-state index in [0.29, 0.717) is 11.8 Å². The topological polar surface area (TPSA) is 134 Å². The lowest BCUT2D eigenvalue weighted by Gasteiger charge is -2.08. The van der Waals surface area contributed by atoms with Crippen LogP contribution in [0.25, 0.3) is 6.08 Å². The Balaban J connectivity index is 2.40. The van der Waals surface area contributed by atoms with Crippen molar-refractivity contribution in [2.75, 3.05) is 0 Å². The third-order valence-electron chi connectivity index (χ3n) is 2.19. The van der Waals surface area contributed by atoms with Crippen molar-refractivity contribution in [2.24, 2.45) is 0 Å². The first-order valence-electron chi connectivity index (χ1n) is 4.78. The van der Waals surface area contributed by atoms with Crippen molar-refractivity contribution >= 4 is 38.1 Å². The van der Waals surface area contributed by atoms with Gasteiger partial charge in [-0.05, 0) is 18.2 Å². The molecular weight excluding hydrogens is 318 g/mol. The molecule has 2 heterocycles. The molecule has 1 aliphatic rings. The van der Waals surface area contributed by atoms with Crippen LogP contribution in [-0.4, -0.2) is 36.0 Å². The molecule has 1 aliphatic heterocycles. The molecule has 0 bridgehead atoms. The lowest BCUT2D eigenvalue weighted by molar-refractivity contribution is 0.458. The Morgan fingerprint density at radius 2 is 1.95 bits per heavy atom. The molecule has 2 unspecified atom stereocenters. The Morgan fingerprint density at radius 1 is 1.26 bits per heavy atom. The zero-order chi connectivity index (χ0) is 14.3. The van der Waals surface area contributed by atoms with E-state index in [9.17, 15) is 16.8 Å². The summed E-state index contributed by atoms with van der Waals surface area (Å²) < 4.78 is 65.7. The van der Waals surface area contributed by atoms with E-state index >= 15 is 0 Å². The summed E-state index contributed by atoms with van der Waals surface area (Å²) in [5, 5.41) is 0.480. The molecule has 1 saturated heterocycles. The summed E-state index contributed by atoms with van der Waals surface area (Å²) >= 11 is 0.564. The van der Waals surface area contributed by atoms with Crippen molar-refractivity contribution < 1.29 is 30.4 Å². The molecule has 3 N–H and O–H groups in total. The van der Waals surface area contributed by atoms with E-state index in [1.807, 2.05) is 0 Å². The fraction of sp³-hybridized carbons (Fsp3) is 0.250. The van der Waals surface area contributed by atoms with Gasteiger partial charge < -0.3 is 4.42 Å². The van der Waals surface area contributed by atoms with Gasteiger partial charge in [-0.25, -0.2) is 0 Å². The molecule has 106 valence electrons. The molecule has 1 fully saturated rings. The molecule has 0 saturated carbocycles. The van der Waals surface area contributed by atoms with Crippen molar-refractivity contribution in [3.8, 4) is 0 Å². The van der Waals surface area contributed by atoms with Gasteiger partial charge in [0.05, 0.1) is 6.26 Å². The number of rotatable bonds is 3. The fourth-order valence-electron chi connectivity index (χ4n) is 1.43. The number of nitrogens with one attached hydrogen (secondary N) is 1. The van der Waals surface area contributed by atoms with Crippen molar-refractivity contribution in [1.82, 2.24) is 5.32 Å². The van der Waals surface area contributed by atoms with E-state index in [1.54, 1.807) is 6.07 Å². The van der Waals surface area contributed by atoms with Crippen molar-refractivity contribution in [2.45, 2.75) is 10.1 Å². The van der Waals surface area contributed by atoms with Gasteiger partial charge in [-0.3, -0.25) is 14.4 Å². The maximum atomic E-state index is 11.2. The first-order valence-corrected chi connectivity index (χ1v) is 8.67. The molecule has 0 spiro atoms. The minimum atomic E-state index is -4.57. The fourth-order valence-corrected chi connectivity index (χ4v) is 4.76. The first-order chi connectivity index (χ1) is 8.68. The standard InChI is InChI=1S/C8H9NO7S3/c10-18(11,12)7-6(4-5-2-1-3-16-5)17-8(9-7)19(13,14)15/h1-4,7-9H,(H,10,11,12)(H,13,14,15)/b6-4-. The smallest absolute Gasteiger partial charge is 0.291 e. The third kappa shape index (κ3) is 3.38. The van der Waals surface area contributed by atoms with Crippen LogP contribution in [0, 0.1) is 0 Å². The number of thioether (sulfide) groups is 1. The van der Waals surface area contributed by atoms with E-state index in [1.165, 1.54) is 18.4 Å². The van der Waals surface area contributed by atoms with Crippen LogP contribution < -0.4 is 5.32 Å². The molecule has 0 aromatic carbocycles. The summed E-state index contributed by atoms with van der Waals surface area (Å²) in [7, 11) is -9.07. The van der Waals surface area contributed by atoms with E-state index in [0.717, 1.165) is 0 Å². The van der Waals surface area contributed by atoms with Crippen LogP contribution in [0.4, 0.5) is 0 Å². The van der Waals surface area contributed by atoms with E-state index < -0.39 is 30.3 Å². The molecule has 0 amide bonds. The Morgan fingerprint density at radius 3 is 2.42 bits per heavy atom. The Labute approximate surface area is 113 Å². The molecule has 1 aromatic heterocycles. The van der Waals surface area contributed by atoms with Gasteiger partial charge in [0.25, 0.3) is 20.2 Å². The zero-order valence-corrected chi connectivity index (χ0v) is 11.6. The number of hydrogen-bond acceptors (Lipinski definition) is 7. The van der Waals surface area contributed by atoms with Gasteiger partial charge in [-0.2, -0.15) is 16.8 Å². The van der Waals surface area contributed by atoms with Gasteiger partial charge in [0.15, 0.2) is 10.1 Å². The Kier molecular flexibility index (Phi) is 3.77. The predicted molar refractivity (Wildman–Crippen MR) is 68.1 cm³/mol. The molecule has 11 heteroatoms. The highest BCUT2D eigenvalue weighted by atomic mass is 32.3. The molecule has 19 heavy (non-hydrogen) atoms. The van der Waals surface area contributed by atoms with Crippen molar-refractivity contribution in [3.05, 3.63) is 29.1 Å². The van der Waals surface area contributed by atoms with Crippen molar-refractivity contribution in [1.29, 1.82) is 0 Å². The summed E-state index contributed by atoms with van der Waals surface area (Å²) in [6, 6.07) is 3.08. The van der Waals surface area contributed by atoms with Crippen LogP contribution in [0.2, 0.25) is 0 Å². The minimum Gasteiger partial charge on any atom is -0.465 e. The summed E-state index contributed by atoms with van der Waals surface area (Å²) in [6.07, 6.45) is 2.61. The second kappa shape index (κ2) is 4.92. The van der Waals surface area contributed by atoms with Gasteiger partial charge in [0.2, 0.25) is 0 Å². The normalized spacial score (nSPS) is 26.9. The Hall–Kier alpha value is -0.850. The zero-order valence-electron chi connectivity index (χ0n) is 9.12. The molecule has 8 nitrogen and oxygen atoms in total. The van der Waals surface area contributed by atoms with E-state index in [-0.39, 0.29) is 10.7 Å². The van der Waals surface area contributed by atoms with Gasteiger partial charge in [-0.1, -0.05) is 11.8 Å². The number of furan rings is 1. The predicted octanol–water partition coefficient (Wildman–Crippen LogP) is 0.342. The minimum absolute atomic E-state index is 0.0000694. The molecular formula is C8H9NO7S3. The first kappa shape index (κ1) is 14.6. The van der Waals surface area contributed by atoms with Crippen LogP contribution in [0.1, 0.15) is 5.76 Å². The molecule has 0 aliphatic carbocycles. The summed E-state index contributed by atoms with van der Waals surface area (Å²) in [5.41, 5.74) is 0. The second-order valence-corrected chi connectivity index (χ2v) is 8.07. The molecule has 1 aromatic rings. The van der Waals surface area contributed by atoms with E-state index in [2.05, 4.69) is 5.32 Å². The molecule has 2 atom stereocenters. The largest absolute Gasteiger partial charge is 0.465 e. The number of hydrogen-bond donors (Lipinski definition) is 3. The van der Waals surface area contributed by atoms with Crippen LogP contribution in [-0.2, 0) is 20.2 Å². The average Bonchev–Trinajstić information content (AvgIpc) is 2.84. The third-order valence-corrected chi connectivity index (χ3v) is 5.99. The highest BCUT2D eigenvalue weighted by Crippen LogP contribution is 2.37. The maximum Gasteiger partial charge on any atom is 0.291 e. The lowest BCUT2D eigenvalue weighted by atomic mass is 10.4. The second-order valence-electron chi connectivity index (χ2n) is 3.59. The highest BCUT2D eigenvalue weighted by molar-refractivity contribution is 8.15. The van der Waals surface area contributed by atoms with Gasteiger partial charge in [0.1, 0.15) is 5.76 Å². The quantitative estimate of drug-likeness (QED) is 0.672. The summed E-state index contributed by atoms with van der Waals surface area (Å²) in [6.45, 7) is 0. The van der Waals surface area contributed by atoms with Crippen molar-refractivity contribution in [3.63, 3.8) is 0 Å². The van der Waals surface area contributed by atoms with Gasteiger partial charge >= 0.3 is 0 Å². The highest BCUT2D eigenvalue weighted by Gasteiger charge is 2.43. The average molecular weight is 327 g/mol. The maximum absolute atomic E-state index is 11.2. The van der Waals surface area contributed by atoms with Crippen LogP contribution >= 0.6 is 11.8 Å². The Bertz CT molecular complexity index is 689. The van der Waals surface area contributed by atoms with Crippen LogP contribution in [0.15, 0.2) is 27.7 Å². The molecule has 2 rings (SSSR count). The molecule has 0 radical (unpaired) electrons. The monoisotopic (exact) mass is 327 g/mol. The van der Waals surface area contributed by atoms with Gasteiger partial charge in [0, 0.05) is 4.91 Å². The SMILES string of the molecule is O=S(=O)(O)C1NC(S(=O)(=O)O)/C(=C/c2ccco2)S1. The van der Waals surface area contributed by atoms with Crippen LogP contribution in [0.3, 0.4) is 0 Å². The lowest BCUT2D eigenvalue weighted by Crippen LogP contribution is -2.38. The van der Waals surface area contributed by atoms with Gasteiger partial charge in [-0.15, -0.1) is 0 Å². The van der Waals surface area contributed by atoms with Crippen LogP contribution in [0.5, 0.6) is 0 Å². The summed E-state index contributed by atoms with van der Waals surface area (Å²) in [4.78, 5) is 0.0000694.